The summed E-state index contributed by atoms with van der Waals surface area (Å²) in [5.41, 5.74) is 2.16. The molecule has 0 atom stereocenters. The van der Waals surface area contributed by atoms with E-state index >= 15 is 0 Å². The molecule has 0 aliphatic heterocycles. The average molecular weight is 446 g/mol. The summed E-state index contributed by atoms with van der Waals surface area (Å²) in [5.74, 6) is 1.90. The lowest BCUT2D eigenvalue weighted by atomic mass is 10.1. The van der Waals surface area contributed by atoms with Gasteiger partial charge in [0, 0.05) is 11.8 Å². The molecule has 0 radical (unpaired) electrons. The third-order valence-electron chi connectivity index (χ3n) is 5.20. The van der Waals surface area contributed by atoms with Crippen LogP contribution in [0.25, 0.3) is 39.9 Å². The van der Waals surface area contributed by atoms with E-state index in [-0.39, 0.29) is 17.3 Å². The molecule has 0 saturated carbocycles. The Balaban J connectivity index is 1.68. The van der Waals surface area contributed by atoms with Gasteiger partial charge in [-0.3, -0.25) is 4.40 Å². The van der Waals surface area contributed by atoms with Crippen molar-refractivity contribution < 1.29 is 23.0 Å². The number of aromatic nitrogens is 4. The number of benzene rings is 2. The second-order valence-corrected chi connectivity index (χ2v) is 7.05. The van der Waals surface area contributed by atoms with Crippen LogP contribution < -0.4 is 14.2 Å². The molecule has 0 aliphatic carbocycles. The summed E-state index contributed by atoms with van der Waals surface area (Å²) in [6.07, 6.45) is 1.87. The van der Waals surface area contributed by atoms with Crippen LogP contribution in [0.4, 0.5) is 4.39 Å². The van der Waals surface area contributed by atoms with Gasteiger partial charge in [0.25, 0.3) is 11.8 Å². The third-order valence-corrected chi connectivity index (χ3v) is 5.20. The number of nitrogens with zero attached hydrogens (tertiary/aromatic N) is 4. The monoisotopic (exact) mass is 446 g/mol. The van der Waals surface area contributed by atoms with E-state index in [1.807, 2.05) is 40.9 Å². The van der Waals surface area contributed by atoms with Crippen molar-refractivity contribution >= 4 is 5.52 Å². The maximum Gasteiger partial charge on any atom is 0.268 e. The Morgan fingerprint density at radius 2 is 1.55 bits per heavy atom. The van der Waals surface area contributed by atoms with Crippen LogP contribution in [0.1, 0.15) is 0 Å². The number of hydrogen-bond acceptors (Lipinski definition) is 7. The molecule has 3 aromatic heterocycles. The van der Waals surface area contributed by atoms with E-state index in [0.29, 0.717) is 28.8 Å². The van der Waals surface area contributed by atoms with Crippen molar-refractivity contribution in [2.75, 3.05) is 21.3 Å². The molecule has 0 fully saturated rings. The summed E-state index contributed by atoms with van der Waals surface area (Å²) < 4.78 is 38.3. The predicted octanol–water partition coefficient (Wildman–Crippen LogP) is 4.88. The zero-order valence-electron chi connectivity index (χ0n) is 18.1. The van der Waals surface area contributed by atoms with Crippen molar-refractivity contribution in [1.82, 2.24) is 19.6 Å². The van der Waals surface area contributed by atoms with Crippen LogP contribution in [0.15, 0.2) is 65.2 Å². The fourth-order valence-electron chi connectivity index (χ4n) is 3.67. The van der Waals surface area contributed by atoms with Gasteiger partial charge in [-0.25, -0.2) is 9.37 Å². The molecule has 0 saturated heterocycles. The first-order valence-corrected chi connectivity index (χ1v) is 10.0. The van der Waals surface area contributed by atoms with E-state index in [4.69, 9.17) is 23.6 Å². The Kier molecular flexibility index (Phi) is 5.14. The van der Waals surface area contributed by atoms with E-state index in [0.717, 1.165) is 11.1 Å². The van der Waals surface area contributed by atoms with Gasteiger partial charge in [-0.15, -0.1) is 10.2 Å². The first kappa shape index (κ1) is 20.5. The zero-order chi connectivity index (χ0) is 22.9. The molecule has 0 unspecified atom stereocenters. The Bertz CT molecular complexity index is 1440. The molecule has 0 N–H and O–H groups in total. The van der Waals surface area contributed by atoms with Crippen LogP contribution >= 0.6 is 0 Å². The van der Waals surface area contributed by atoms with Crippen LogP contribution in [0.2, 0.25) is 0 Å². The Morgan fingerprint density at radius 1 is 0.848 bits per heavy atom. The number of methoxy groups -OCH3 is 3. The minimum absolute atomic E-state index is 0.0783. The number of fused-ring (bicyclic) bond motifs is 1. The molecule has 5 rings (SSSR count). The highest BCUT2D eigenvalue weighted by atomic mass is 19.1. The first-order valence-electron chi connectivity index (χ1n) is 10.0. The number of halogens is 1. The maximum absolute atomic E-state index is 14.2. The van der Waals surface area contributed by atoms with Crippen molar-refractivity contribution in [3.05, 3.63) is 66.6 Å². The molecule has 0 aliphatic rings. The number of ether oxygens (including phenoxy) is 3. The summed E-state index contributed by atoms with van der Waals surface area (Å²) in [5, 5.41) is 8.15. The largest absolute Gasteiger partial charge is 0.493 e. The van der Waals surface area contributed by atoms with Crippen LogP contribution in [0.3, 0.4) is 0 Å². The second-order valence-electron chi connectivity index (χ2n) is 7.05. The normalized spacial score (nSPS) is 11.0. The molecule has 166 valence electrons. The minimum atomic E-state index is -0.444. The van der Waals surface area contributed by atoms with E-state index in [2.05, 4.69) is 10.2 Å². The SMILES string of the molecule is COc1cc(-c2nc(-c3nnc(-c4ccccc4F)o3)c3ccccn23)cc(OC)c1OC. The van der Waals surface area contributed by atoms with E-state index in [9.17, 15) is 4.39 Å². The quantitative estimate of drug-likeness (QED) is 0.367. The summed E-state index contributed by atoms with van der Waals surface area (Å²) in [6.45, 7) is 0. The molecule has 33 heavy (non-hydrogen) atoms. The van der Waals surface area contributed by atoms with Gasteiger partial charge in [-0.05, 0) is 36.4 Å². The van der Waals surface area contributed by atoms with Crippen molar-refractivity contribution in [2.24, 2.45) is 0 Å². The lowest BCUT2D eigenvalue weighted by Gasteiger charge is -2.13. The standard InChI is InChI=1S/C24H19FN4O4/c1-30-18-12-14(13-19(31-2)21(18)32-3)22-26-20(17-10-6-7-11-29(17)22)24-28-27-23(33-24)15-8-4-5-9-16(15)25/h4-13H,1-3H3. The van der Waals surface area contributed by atoms with E-state index < -0.39 is 5.82 Å². The molecule has 2 aromatic carbocycles. The average Bonchev–Trinajstić information content (AvgIpc) is 3.48. The van der Waals surface area contributed by atoms with Crippen molar-refractivity contribution in [2.45, 2.75) is 0 Å². The van der Waals surface area contributed by atoms with Crippen molar-refractivity contribution in [3.63, 3.8) is 0 Å². The summed E-state index contributed by atoms with van der Waals surface area (Å²) >= 11 is 0. The number of pyridine rings is 1. The molecule has 5 aromatic rings. The van der Waals surface area contributed by atoms with Gasteiger partial charge < -0.3 is 18.6 Å². The van der Waals surface area contributed by atoms with Crippen LogP contribution in [-0.2, 0) is 0 Å². The van der Waals surface area contributed by atoms with Crippen LogP contribution in [-0.4, -0.2) is 40.9 Å². The highest BCUT2D eigenvalue weighted by Crippen LogP contribution is 2.42. The second kappa shape index (κ2) is 8.27. The van der Waals surface area contributed by atoms with Crippen LogP contribution in [0, 0.1) is 5.82 Å². The summed E-state index contributed by atoms with van der Waals surface area (Å²) in [6, 6.07) is 15.5. The molecule has 3 heterocycles. The minimum Gasteiger partial charge on any atom is -0.493 e. The highest BCUT2D eigenvalue weighted by Gasteiger charge is 2.22. The molecular weight excluding hydrogens is 427 g/mol. The number of imidazole rings is 1. The topological polar surface area (TPSA) is 83.9 Å². The lowest BCUT2D eigenvalue weighted by molar-refractivity contribution is 0.324. The number of hydrogen-bond donors (Lipinski definition) is 0. The highest BCUT2D eigenvalue weighted by molar-refractivity contribution is 5.79. The van der Waals surface area contributed by atoms with E-state index in [1.165, 1.54) is 6.07 Å². The summed E-state index contributed by atoms with van der Waals surface area (Å²) in [7, 11) is 4.66. The van der Waals surface area contributed by atoms with Gasteiger partial charge in [0.05, 0.1) is 32.4 Å². The summed E-state index contributed by atoms with van der Waals surface area (Å²) in [4.78, 5) is 4.79. The molecule has 9 heteroatoms. The molecular formula is C24H19FN4O4. The molecule has 0 bridgehead atoms. The van der Waals surface area contributed by atoms with Gasteiger partial charge in [-0.2, -0.15) is 0 Å². The van der Waals surface area contributed by atoms with Gasteiger partial charge in [-0.1, -0.05) is 18.2 Å². The fourth-order valence-corrected chi connectivity index (χ4v) is 3.67. The van der Waals surface area contributed by atoms with Gasteiger partial charge in [0.1, 0.15) is 11.6 Å². The Labute approximate surface area is 188 Å². The fraction of sp³-hybridized carbons (Fsp3) is 0.125. The maximum atomic E-state index is 14.2. The van der Waals surface area contributed by atoms with Crippen molar-refractivity contribution in [3.8, 4) is 51.7 Å². The molecule has 0 amide bonds. The van der Waals surface area contributed by atoms with Gasteiger partial charge in [0.2, 0.25) is 5.75 Å². The van der Waals surface area contributed by atoms with Crippen molar-refractivity contribution in [1.29, 1.82) is 0 Å². The Hall–Kier alpha value is -4.40. The third kappa shape index (κ3) is 3.43. The van der Waals surface area contributed by atoms with Gasteiger partial charge in [0.15, 0.2) is 17.2 Å². The smallest absolute Gasteiger partial charge is 0.268 e. The first-order chi connectivity index (χ1) is 16.1. The van der Waals surface area contributed by atoms with Gasteiger partial charge >= 0.3 is 0 Å². The molecule has 8 nitrogen and oxygen atoms in total. The lowest BCUT2D eigenvalue weighted by Crippen LogP contribution is -1.97. The zero-order valence-corrected chi connectivity index (χ0v) is 18.1. The predicted molar refractivity (Wildman–Crippen MR) is 119 cm³/mol. The molecule has 0 spiro atoms. The Morgan fingerprint density at radius 3 is 2.24 bits per heavy atom. The van der Waals surface area contributed by atoms with E-state index in [1.54, 1.807) is 39.5 Å². The number of rotatable bonds is 6. The van der Waals surface area contributed by atoms with Crippen LogP contribution in [0.5, 0.6) is 17.2 Å².